The summed E-state index contributed by atoms with van der Waals surface area (Å²) in [4.78, 5) is 0. The molecule has 1 fully saturated rings. The van der Waals surface area contributed by atoms with Crippen molar-refractivity contribution in [3.63, 3.8) is 0 Å². The molecule has 1 aliphatic rings. The molecular formula is C12H16ClNO. The molecule has 0 amide bonds. The van der Waals surface area contributed by atoms with Gasteiger partial charge in [-0.25, -0.2) is 0 Å². The minimum absolute atomic E-state index is 0.237. The monoisotopic (exact) mass is 225 g/mol. The summed E-state index contributed by atoms with van der Waals surface area (Å²) >= 11 is 6.17. The Hall–Kier alpha value is -0.570. The first-order valence-electron chi connectivity index (χ1n) is 5.39. The maximum atomic E-state index is 6.17. The van der Waals surface area contributed by atoms with Gasteiger partial charge in [-0.2, -0.15) is 0 Å². The third kappa shape index (κ3) is 2.33. The van der Waals surface area contributed by atoms with Crippen molar-refractivity contribution in [2.24, 2.45) is 5.73 Å². The second kappa shape index (κ2) is 4.97. The fourth-order valence-electron chi connectivity index (χ4n) is 2.17. The molecule has 82 valence electrons. The zero-order chi connectivity index (χ0) is 10.7. The minimum atomic E-state index is 0.237. The van der Waals surface area contributed by atoms with Gasteiger partial charge in [0.05, 0.1) is 6.10 Å². The Morgan fingerprint density at radius 3 is 2.87 bits per heavy atom. The maximum Gasteiger partial charge on any atom is 0.0657 e. The number of ether oxygens (including phenoxy) is 1. The van der Waals surface area contributed by atoms with Crippen molar-refractivity contribution in [2.45, 2.75) is 24.9 Å². The molecule has 0 spiro atoms. The molecule has 2 unspecified atom stereocenters. The second-order valence-corrected chi connectivity index (χ2v) is 4.32. The van der Waals surface area contributed by atoms with Gasteiger partial charge in [0.25, 0.3) is 0 Å². The smallest absolute Gasteiger partial charge is 0.0657 e. The van der Waals surface area contributed by atoms with Crippen molar-refractivity contribution in [3.05, 3.63) is 34.9 Å². The Morgan fingerprint density at radius 2 is 2.27 bits per heavy atom. The van der Waals surface area contributed by atoms with E-state index in [2.05, 4.69) is 0 Å². The largest absolute Gasteiger partial charge is 0.378 e. The van der Waals surface area contributed by atoms with Crippen LogP contribution in [0.4, 0.5) is 0 Å². The summed E-state index contributed by atoms with van der Waals surface area (Å²) in [5, 5.41) is 0.795. The van der Waals surface area contributed by atoms with Crippen LogP contribution in [-0.4, -0.2) is 19.3 Å². The average molecular weight is 226 g/mol. The van der Waals surface area contributed by atoms with Crippen molar-refractivity contribution >= 4 is 11.6 Å². The van der Waals surface area contributed by atoms with Gasteiger partial charge in [-0.3, -0.25) is 0 Å². The van der Waals surface area contributed by atoms with Crippen LogP contribution in [0.3, 0.4) is 0 Å². The zero-order valence-electron chi connectivity index (χ0n) is 8.66. The molecule has 1 heterocycles. The molecule has 0 aliphatic carbocycles. The fraction of sp³-hybridized carbons (Fsp3) is 0.500. The van der Waals surface area contributed by atoms with Crippen LogP contribution in [0.5, 0.6) is 0 Å². The molecule has 15 heavy (non-hydrogen) atoms. The first kappa shape index (κ1) is 10.9. The molecule has 0 aromatic heterocycles. The Balaban J connectivity index is 2.22. The third-order valence-electron chi connectivity index (χ3n) is 2.97. The minimum Gasteiger partial charge on any atom is -0.378 e. The van der Waals surface area contributed by atoms with Gasteiger partial charge in [0, 0.05) is 24.1 Å². The van der Waals surface area contributed by atoms with Gasteiger partial charge < -0.3 is 10.5 Å². The highest BCUT2D eigenvalue weighted by Crippen LogP contribution is 2.32. The van der Waals surface area contributed by atoms with Crippen molar-refractivity contribution in [1.82, 2.24) is 0 Å². The normalized spacial score (nSPS) is 22.9. The fourth-order valence-corrected chi connectivity index (χ4v) is 2.45. The highest BCUT2D eigenvalue weighted by atomic mass is 35.5. The molecular weight excluding hydrogens is 210 g/mol. The molecule has 3 heteroatoms. The van der Waals surface area contributed by atoms with E-state index in [1.807, 2.05) is 24.3 Å². The Bertz CT molecular complexity index is 323. The summed E-state index contributed by atoms with van der Waals surface area (Å²) in [6.07, 6.45) is 2.47. The lowest BCUT2D eigenvalue weighted by Gasteiger charge is -2.22. The molecule has 2 nitrogen and oxygen atoms in total. The van der Waals surface area contributed by atoms with Crippen LogP contribution in [0.25, 0.3) is 0 Å². The Kier molecular flexibility index (Phi) is 3.62. The molecule has 0 saturated carbocycles. The van der Waals surface area contributed by atoms with E-state index < -0.39 is 0 Å². The van der Waals surface area contributed by atoms with Gasteiger partial charge in [-0.1, -0.05) is 29.8 Å². The molecule has 0 bridgehead atoms. The lowest BCUT2D eigenvalue weighted by atomic mass is 9.92. The first-order valence-corrected chi connectivity index (χ1v) is 5.77. The highest BCUT2D eigenvalue weighted by Gasteiger charge is 2.27. The van der Waals surface area contributed by atoms with Crippen LogP contribution in [0.15, 0.2) is 24.3 Å². The van der Waals surface area contributed by atoms with Crippen LogP contribution in [0.1, 0.15) is 24.3 Å². The van der Waals surface area contributed by atoms with Gasteiger partial charge in [-0.05, 0) is 24.5 Å². The Labute approximate surface area is 95.4 Å². The number of hydrogen-bond acceptors (Lipinski definition) is 2. The van der Waals surface area contributed by atoms with Crippen LogP contribution in [0.2, 0.25) is 5.02 Å². The van der Waals surface area contributed by atoms with Crippen molar-refractivity contribution < 1.29 is 4.74 Å². The molecule has 2 N–H and O–H groups in total. The number of nitrogens with two attached hydrogens (primary N) is 1. The van der Waals surface area contributed by atoms with Gasteiger partial charge in [-0.15, -0.1) is 0 Å². The van der Waals surface area contributed by atoms with E-state index in [4.69, 9.17) is 22.1 Å². The van der Waals surface area contributed by atoms with E-state index in [1.54, 1.807) is 0 Å². The average Bonchev–Trinajstić information content (AvgIpc) is 2.75. The lowest BCUT2D eigenvalue weighted by Crippen LogP contribution is -2.25. The van der Waals surface area contributed by atoms with Gasteiger partial charge in [0.15, 0.2) is 0 Å². The van der Waals surface area contributed by atoms with E-state index >= 15 is 0 Å². The maximum absolute atomic E-state index is 6.17. The summed E-state index contributed by atoms with van der Waals surface area (Å²) in [7, 11) is 0. The topological polar surface area (TPSA) is 35.2 Å². The molecule has 1 saturated heterocycles. The molecule has 1 aromatic carbocycles. The van der Waals surface area contributed by atoms with Crippen molar-refractivity contribution in [1.29, 1.82) is 0 Å². The van der Waals surface area contributed by atoms with Crippen molar-refractivity contribution in [2.75, 3.05) is 13.2 Å². The summed E-state index contributed by atoms with van der Waals surface area (Å²) < 4.78 is 5.68. The van der Waals surface area contributed by atoms with E-state index in [9.17, 15) is 0 Å². The second-order valence-electron chi connectivity index (χ2n) is 3.92. The Morgan fingerprint density at radius 1 is 1.47 bits per heavy atom. The third-order valence-corrected chi connectivity index (χ3v) is 3.32. The number of benzene rings is 1. The van der Waals surface area contributed by atoms with E-state index in [0.717, 1.165) is 30.0 Å². The van der Waals surface area contributed by atoms with Crippen LogP contribution in [-0.2, 0) is 4.74 Å². The predicted molar refractivity (Wildman–Crippen MR) is 62.2 cm³/mol. The number of halogens is 1. The van der Waals surface area contributed by atoms with Crippen LogP contribution in [0, 0.1) is 0 Å². The summed E-state index contributed by atoms with van der Waals surface area (Å²) in [6, 6.07) is 7.89. The zero-order valence-corrected chi connectivity index (χ0v) is 9.41. The molecule has 2 atom stereocenters. The van der Waals surface area contributed by atoms with Gasteiger partial charge in [0.2, 0.25) is 0 Å². The first-order chi connectivity index (χ1) is 7.33. The van der Waals surface area contributed by atoms with Gasteiger partial charge >= 0.3 is 0 Å². The van der Waals surface area contributed by atoms with Crippen LogP contribution >= 0.6 is 11.6 Å². The van der Waals surface area contributed by atoms with Crippen LogP contribution < -0.4 is 5.73 Å². The quantitative estimate of drug-likeness (QED) is 0.858. The van der Waals surface area contributed by atoms with E-state index in [1.165, 1.54) is 0 Å². The SMILES string of the molecule is NCC(c1ccccc1Cl)C1CCCO1. The standard InChI is InChI=1S/C12H16ClNO/c13-11-5-2-1-4-9(11)10(8-14)12-6-3-7-15-12/h1-2,4-5,10,12H,3,6-8,14H2. The molecule has 0 radical (unpaired) electrons. The summed E-state index contributed by atoms with van der Waals surface area (Å²) in [5.74, 6) is 0.237. The molecule has 1 aromatic rings. The number of hydrogen-bond donors (Lipinski definition) is 1. The summed E-state index contributed by atoms with van der Waals surface area (Å²) in [6.45, 7) is 1.44. The predicted octanol–water partition coefficient (Wildman–Crippen LogP) is 2.56. The van der Waals surface area contributed by atoms with E-state index in [-0.39, 0.29) is 12.0 Å². The summed E-state index contributed by atoms with van der Waals surface area (Å²) in [5.41, 5.74) is 6.93. The van der Waals surface area contributed by atoms with Gasteiger partial charge in [0.1, 0.15) is 0 Å². The molecule has 1 aliphatic heterocycles. The van der Waals surface area contributed by atoms with Crippen molar-refractivity contribution in [3.8, 4) is 0 Å². The highest BCUT2D eigenvalue weighted by molar-refractivity contribution is 6.31. The molecule has 2 rings (SSSR count). The number of rotatable bonds is 3. The lowest BCUT2D eigenvalue weighted by molar-refractivity contribution is 0.0905. The van der Waals surface area contributed by atoms with E-state index in [0.29, 0.717) is 6.54 Å².